The zero-order chi connectivity index (χ0) is 25.3. The van der Waals surface area contributed by atoms with E-state index in [2.05, 4.69) is 4.98 Å². The van der Waals surface area contributed by atoms with Crippen LogP contribution >= 0.6 is 0 Å². The lowest BCUT2D eigenvalue weighted by atomic mass is 9.93. The summed E-state index contributed by atoms with van der Waals surface area (Å²) in [5, 5.41) is 11.4. The number of carbonyl (C=O) groups excluding carboxylic acids is 1. The molecule has 1 aliphatic rings. The van der Waals surface area contributed by atoms with Crippen LogP contribution in [0, 0.1) is 0 Å². The van der Waals surface area contributed by atoms with Crippen LogP contribution in [0.5, 0.6) is 0 Å². The molecule has 3 rings (SSSR count). The minimum Gasteiger partial charge on any atom is -0.386 e. The normalized spacial score (nSPS) is 17.9. The van der Waals surface area contributed by atoms with Crippen molar-refractivity contribution in [2.24, 2.45) is 0 Å². The van der Waals surface area contributed by atoms with Crippen LogP contribution in [0.3, 0.4) is 0 Å². The third-order valence-corrected chi connectivity index (χ3v) is 7.86. The Morgan fingerprint density at radius 2 is 1.74 bits per heavy atom. The Morgan fingerprint density at radius 1 is 1.15 bits per heavy atom. The van der Waals surface area contributed by atoms with E-state index < -0.39 is 52.1 Å². The second-order valence-electron chi connectivity index (χ2n) is 8.40. The smallest absolute Gasteiger partial charge is 0.315 e. The summed E-state index contributed by atoms with van der Waals surface area (Å²) in [5.74, 6) is -1.67. The Kier molecular flexibility index (Phi) is 7.63. The first-order valence-corrected chi connectivity index (χ1v) is 12.0. The molecule has 1 saturated heterocycles. The number of aliphatic hydroxyl groups excluding tert-OH is 1. The van der Waals surface area contributed by atoms with Gasteiger partial charge in [-0.25, -0.2) is 17.2 Å². The first kappa shape index (κ1) is 26.0. The highest BCUT2D eigenvalue weighted by atomic mass is 32.2. The van der Waals surface area contributed by atoms with Gasteiger partial charge in [0.1, 0.15) is 12.8 Å². The Morgan fingerprint density at radius 3 is 2.21 bits per heavy atom. The van der Waals surface area contributed by atoms with E-state index in [9.17, 15) is 31.5 Å². The fraction of sp³-hybridized carbons (Fsp3) is 0.455. The number of halogens is 4. The predicted octanol–water partition coefficient (Wildman–Crippen LogP) is 2.72. The van der Waals surface area contributed by atoms with Gasteiger partial charge in [-0.15, -0.1) is 0 Å². The summed E-state index contributed by atoms with van der Waals surface area (Å²) >= 11 is 0. The van der Waals surface area contributed by atoms with Crippen molar-refractivity contribution in [1.82, 2.24) is 14.6 Å². The zero-order valence-corrected chi connectivity index (χ0v) is 19.3. The second-order valence-corrected chi connectivity index (χ2v) is 10.9. The maximum absolute atomic E-state index is 15.1. The number of sulfonamides is 1. The lowest BCUT2D eigenvalue weighted by molar-refractivity contribution is -0.133. The molecule has 1 aliphatic heterocycles. The fourth-order valence-electron chi connectivity index (χ4n) is 3.54. The Balaban J connectivity index is 1.68. The number of benzene rings is 1. The van der Waals surface area contributed by atoms with Crippen LogP contribution in [0.2, 0.25) is 0 Å². The number of aliphatic hydroxyl groups is 1. The van der Waals surface area contributed by atoms with Crippen molar-refractivity contribution in [3.05, 3.63) is 53.9 Å². The standard InChI is InChI=1S/C22H25F4N3O4S/c1-13(2)34(32,33)29-11-22(26,12-29)18-8-7-16(10-27-18)14-3-5-15(6-4-14)19(30)17(9-23)28-21(31)20(24)25/h3-8,10,13,17,19-20,30H,9,11-12H2,1-2H3,(H,28,31). The van der Waals surface area contributed by atoms with Crippen molar-refractivity contribution in [2.45, 2.75) is 43.3 Å². The molecule has 2 aromatic rings. The molecule has 34 heavy (non-hydrogen) atoms. The minimum atomic E-state index is -3.54. The van der Waals surface area contributed by atoms with E-state index in [1.165, 1.54) is 38.2 Å². The van der Waals surface area contributed by atoms with E-state index in [0.29, 0.717) is 11.1 Å². The van der Waals surface area contributed by atoms with Crippen molar-refractivity contribution < 1.29 is 35.9 Å². The molecule has 0 radical (unpaired) electrons. The number of alkyl halides is 4. The molecule has 1 amide bonds. The van der Waals surface area contributed by atoms with Gasteiger partial charge >= 0.3 is 6.43 Å². The van der Waals surface area contributed by atoms with Crippen LogP contribution in [0.1, 0.15) is 31.2 Å². The Labute approximate surface area is 194 Å². The van der Waals surface area contributed by atoms with E-state index in [-0.39, 0.29) is 24.3 Å². The summed E-state index contributed by atoms with van der Waals surface area (Å²) in [6.45, 7) is 1.21. The van der Waals surface area contributed by atoms with Crippen molar-refractivity contribution in [1.29, 1.82) is 0 Å². The number of hydrogen-bond donors (Lipinski definition) is 2. The maximum Gasteiger partial charge on any atom is 0.315 e. The number of nitrogens with zero attached hydrogens (tertiary/aromatic N) is 2. The highest BCUT2D eigenvalue weighted by Gasteiger charge is 2.51. The summed E-state index contributed by atoms with van der Waals surface area (Å²) in [4.78, 5) is 15.2. The molecule has 2 unspecified atom stereocenters. The van der Waals surface area contributed by atoms with Crippen molar-refractivity contribution in [3.63, 3.8) is 0 Å². The molecule has 12 heteroatoms. The molecule has 1 aromatic carbocycles. The van der Waals surface area contributed by atoms with Gasteiger partial charge in [0.05, 0.1) is 30.1 Å². The number of amides is 1. The number of carbonyl (C=O) groups is 1. The molecule has 1 aromatic heterocycles. The molecule has 0 spiro atoms. The van der Waals surface area contributed by atoms with Gasteiger partial charge in [0, 0.05) is 11.8 Å². The highest BCUT2D eigenvalue weighted by molar-refractivity contribution is 7.89. The predicted molar refractivity (Wildman–Crippen MR) is 117 cm³/mol. The van der Waals surface area contributed by atoms with Crippen LogP contribution in [0.25, 0.3) is 11.1 Å². The number of aromatic nitrogens is 1. The highest BCUT2D eigenvalue weighted by Crippen LogP contribution is 2.38. The SMILES string of the molecule is CC(C)S(=O)(=O)N1CC(F)(c2ccc(-c3ccc(C(O)C(CF)NC(=O)C(F)F)cc3)cn2)C1. The molecule has 2 atom stereocenters. The van der Waals surface area contributed by atoms with Crippen LogP contribution in [-0.4, -0.2) is 66.2 Å². The number of hydrogen-bond acceptors (Lipinski definition) is 5. The van der Waals surface area contributed by atoms with Crippen LogP contribution in [0.4, 0.5) is 17.6 Å². The maximum atomic E-state index is 15.1. The third-order valence-electron chi connectivity index (χ3n) is 5.69. The molecule has 1 fully saturated rings. The van der Waals surface area contributed by atoms with Gasteiger partial charge in [-0.2, -0.15) is 13.1 Å². The summed E-state index contributed by atoms with van der Waals surface area (Å²) in [6.07, 6.45) is -3.45. The molecule has 0 aliphatic carbocycles. The van der Waals surface area contributed by atoms with Gasteiger partial charge < -0.3 is 10.4 Å². The average Bonchev–Trinajstić information content (AvgIpc) is 2.79. The molecule has 7 nitrogen and oxygen atoms in total. The molecule has 0 bridgehead atoms. The summed E-state index contributed by atoms with van der Waals surface area (Å²) in [7, 11) is -3.54. The van der Waals surface area contributed by atoms with Crippen LogP contribution in [-0.2, 0) is 20.5 Å². The molecule has 2 N–H and O–H groups in total. The minimum absolute atomic E-state index is 0.110. The summed E-state index contributed by atoms with van der Waals surface area (Å²) < 4.78 is 78.4. The first-order chi connectivity index (χ1) is 15.9. The average molecular weight is 504 g/mol. The Bertz CT molecular complexity index is 1110. The van der Waals surface area contributed by atoms with Crippen LogP contribution < -0.4 is 5.32 Å². The van der Waals surface area contributed by atoms with E-state index >= 15 is 4.39 Å². The number of pyridine rings is 1. The van der Waals surface area contributed by atoms with Gasteiger partial charge in [0.2, 0.25) is 10.0 Å². The molecule has 2 heterocycles. The molecular formula is C22H25F4N3O4S. The van der Waals surface area contributed by atoms with Crippen LogP contribution in [0.15, 0.2) is 42.6 Å². The van der Waals surface area contributed by atoms with Gasteiger partial charge in [0.15, 0.2) is 5.67 Å². The third kappa shape index (κ3) is 5.23. The molecule has 0 saturated carbocycles. The van der Waals surface area contributed by atoms with E-state index in [1.807, 2.05) is 0 Å². The quantitative estimate of drug-likeness (QED) is 0.513. The molecule has 186 valence electrons. The molecular weight excluding hydrogens is 478 g/mol. The summed E-state index contributed by atoms with van der Waals surface area (Å²) in [6, 6.07) is 7.59. The van der Waals surface area contributed by atoms with Gasteiger partial charge in [-0.3, -0.25) is 9.78 Å². The summed E-state index contributed by atoms with van der Waals surface area (Å²) in [5.41, 5.74) is -0.326. The number of rotatable bonds is 9. The van der Waals surface area contributed by atoms with E-state index in [1.54, 1.807) is 23.5 Å². The lowest BCUT2D eigenvalue weighted by Crippen LogP contribution is -2.60. The Hall–Kier alpha value is -2.57. The zero-order valence-electron chi connectivity index (χ0n) is 18.5. The van der Waals surface area contributed by atoms with Gasteiger partial charge in [0.25, 0.3) is 5.91 Å². The van der Waals surface area contributed by atoms with Crippen molar-refractivity contribution in [2.75, 3.05) is 19.8 Å². The van der Waals surface area contributed by atoms with E-state index in [0.717, 1.165) is 4.31 Å². The van der Waals surface area contributed by atoms with E-state index in [4.69, 9.17) is 0 Å². The largest absolute Gasteiger partial charge is 0.386 e. The van der Waals surface area contributed by atoms with Crippen molar-refractivity contribution in [3.8, 4) is 11.1 Å². The number of nitrogens with one attached hydrogen (secondary N) is 1. The lowest BCUT2D eigenvalue weighted by Gasteiger charge is -2.43. The fourth-order valence-corrected chi connectivity index (χ4v) is 4.90. The second kappa shape index (κ2) is 9.96. The van der Waals surface area contributed by atoms with Crippen molar-refractivity contribution >= 4 is 15.9 Å². The van der Waals surface area contributed by atoms with Gasteiger partial charge in [-0.1, -0.05) is 30.3 Å². The topological polar surface area (TPSA) is 99.6 Å². The first-order valence-electron chi connectivity index (χ1n) is 10.5. The monoisotopic (exact) mass is 503 g/mol. The van der Waals surface area contributed by atoms with Gasteiger partial charge in [-0.05, 0) is 31.0 Å².